The van der Waals surface area contributed by atoms with Crippen LogP contribution in [0.5, 0.6) is 0 Å². The zero-order valence-electron chi connectivity index (χ0n) is 8.82. The van der Waals surface area contributed by atoms with Crippen LogP contribution in [-0.4, -0.2) is 11.1 Å². The monoisotopic (exact) mass is 236 g/mol. The molecule has 16 heavy (non-hydrogen) atoms. The molecule has 0 heterocycles. The molecule has 0 aliphatic heterocycles. The van der Waals surface area contributed by atoms with Crippen molar-refractivity contribution in [1.82, 2.24) is 0 Å². The minimum atomic E-state index is -0.644. The lowest BCUT2D eigenvalue weighted by Crippen LogP contribution is -2.39. The first-order valence-electron chi connectivity index (χ1n) is 5.61. The van der Waals surface area contributed by atoms with Gasteiger partial charge in [0.15, 0.2) is 0 Å². The van der Waals surface area contributed by atoms with Gasteiger partial charge in [0.1, 0.15) is 0 Å². The van der Waals surface area contributed by atoms with Crippen molar-refractivity contribution < 1.29 is 9.90 Å². The van der Waals surface area contributed by atoms with Gasteiger partial charge in [0.2, 0.25) is 0 Å². The van der Waals surface area contributed by atoms with E-state index in [2.05, 4.69) is 0 Å². The summed E-state index contributed by atoms with van der Waals surface area (Å²) in [6.07, 6.45) is 2.91. The van der Waals surface area contributed by atoms with Crippen molar-refractivity contribution in [2.75, 3.05) is 0 Å². The third kappa shape index (κ3) is 1.23. The van der Waals surface area contributed by atoms with Gasteiger partial charge in [0.25, 0.3) is 0 Å². The Balaban J connectivity index is 1.99. The number of carboxylic acid groups (broad SMARTS) is 1. The summed E-state index contributed by atoms with van der Waals surface area (Å²) in [5.74, 6) is -0.217. The Morgan fingerprint density at radius 1 is 1.31 bits per heavy atom. The first kappa shape index (κ1) is 10.2. The summed E-state index contributed by atoms with van der Waals surface area (Å²) < 4.78 is 0. The van der Waals surface area contributed by atoms with Crippen LogP contribution < -0.4 is 0 Å². The van der Waals surface area contributed by atoms with E-state index in [4.69, 9.17) is 11.6 Å². The maximum absolute atomic E-state index is 11.3. The highest BCUT2D eigenvalue weighted by Gasteiger charge is 2.60. The van der Waals surface area contributed by atoms with Crippen LogP contribution in [0, 0.1) is 11.8 Å². The standard InChI is InChI=1S/C13H13ClO2/c14-10-3-1-9(2-4-10)13-6-8(7-13)5-11(13)12(15)16/h1-4,8,11H,5-7H2,(H,15,16). The van der Waals surface area contributed by atoms with Crippen LogP contribution in [0.25, 0.3) is 0 Å². The number of hydrogen-bond donors (Lipinski definition) is 1. The van der Waals surface area contributed by atoms with E-state index in [1.807, 2.05) is 24.3 Å². The van der Waals surface area contributed by atoms with Crippen molar-refractivity contribution in [2.45, 2.75) is 24.7 Å². The van der Waals surface area contributed by atoms with E-state index in [0.717, 1.165) is 24.8 Å². The molecule has 2 bridgehead atoms. The summed E-state index contributed by atoms with van der Waals surface area (Å²) in [5, 5.41) is 9.97. The second kappa shape index (κ2) is 3.24. The molecule has 1 aromatic rings. The molecular formula is C13H13ClO2. The highest BCUT2D eigenvalue weighted by Crippen LogP contribution is 2.63. The van der Waals surface area contributed by atoms with Crippen LogP contribution >= 0.6 is 11.6 Å². The number of halogens is 1. The number of carbonyl (C=O) groups is 1. The average molecular weight is 237 g/mol. The van der Waals surface area contributed by atoms with E-state index in [1.165, 1.54) is 0 Å². The highest BCUT2D eigenvalue weighted by molar-refractivity contribution is 6.30. The molecule has 3 saturated carbocycles. The van der Waals surface area contributed by atoms with E-state index in [1.54, 1.807) is 0 Å². The second-order valence-electron chi connectivity index (χ2n) is 5.06. The molecule has 1 N–H and O–H groups in total. The van der Waals surface area contributed by atoms with Crippen LogP contribution in [0.3, 0.4) is 0 Å². The molecule has 0 saturated heterocycles. The van der Waals surface area contributed by atoms with E-state index in [9.17, 15) is 9.90 Å². The van der Waals surface area contributed by atoms with Crippen molar-refractivity contribution in [1.29, 1.82) is 0 Å². The van der Waals surface area contributed by atoms with Crippen LogP contribution in [0.4, 0.5) is 0 Å². The number of carboxylic acids is 1. The summed E-state index contributed by atoms with van der Waals surface area (Å²) in [4.78, 5) is 11.3. The topological polar surface area (TPSA) is 37.3 Å². The summed E-state index contributed by atoms with van der Waals surface area (Å²) >= 11 is 5.86. The fourth-order valence-electron chi connectivity index (χ4n) is 3.54. The van der Waals surface area contributed by atoms with Crippen molar-refractivity contribution in [3.8, 4) is 0 Å². The maximum atomic E-state index is 11.3. The second-order valence-corrected chi connectivity index (χ2v) is 5.50. The molecule has 4 rings (SSSR count). The van der Waals surface area contributed by atoms with Gasteiger partial charge in [-0.2, -0.15) is 0 Å². The lowest BCUT2D eigenvalue weighted by Gasteiger charge is -2.41. The van der Waals surface area contributed by atoms with Gasteiger partial charge in [0, 0.05) is 10.4 Å². The summed E-state index contributed by atoms with van der Waals surface area (Å²) in [6.45, 7) is 0. The quantitative estimate of drug-likeness (QED) is 0.857. The molecule has 3 aliphatic rings. The van der Waals surface area contributed by atoms with Gasteiger partial charge in [0.05, 0.1) is 5.92 Å². The van der Waals surface area contributed by atoms with Gasteiger partial charge in [-0.1, -0.05) is 23.7 Å². The highest BCUT2D eigenvalue weighted by atomic mass is 35.5. The molecule has 1 atom stereocenters. The van der Waals surface area contributed by atoms with Crippen LogP contribution in [0.2, 0.25) is 5.02 Å². The molecule has 0 radical (unpaired) electrons. The Bertz CT molecular complexity index is 432. The van der Waals surface area contributed by atoms with E-state index in [-0.39, 0.29) is 11.3 Å². The normalized spacial score (nSPS) is 35.8. The van der Waals surface area contributed by atoms with Gasteiger partial charge in [-0.25, -0.2) is 0 Å². The number of fused-ring (bicyclic) bond motifs is 1. The van der Waals surface area contributed by atoms with E-state index in [0.29, 0.717) is 10.9 Å². The molecule has 3 heteroatoms. The minimum Gasteiger partial charge on any atom is -0.481 e. The van der Waals surface area contributed by atoms with E-state index < -0.39 is 5.97 Å². The van der Waals surface area contributed by atoms with Crippen molar-refractivity contribution in [2.24, 2.45) is 11.8 Å². The van der Waals surface area contributed by atoms with Crippen molar-refractivity contribution in [3.63, 3.8) is 0 Å². The van der Waals surface area contributed by atoms with Crippen molar-refractivity contribution in [3.05, 3.63) is 34.9 Å². The Morgan fingerprint density at radius 3 is 2.50 bits per heavy atom. The van der Waals surface area contributed by atoms with Crippen LogP contribution in [-0.2, 0) is 10.2 Å². The predicted molar refractivity (Wildman–Crippen MR) is 61.6 cm³/mol. The molecule has 0 spiro atoms. The Hall–Kier alpha value is -1.02. The van der Waals surface area contributed by atoms with Gasteiger partial charge < -0.3 is 5.11 Å². The first-order chi connectivity index (χ1) is 7.62. The van der Waals surface area contributed by atoms with Crippen LogP contribution in [0.15, 0.2) is 24.3 Å². The molecule has 2 nitrogen and oxygen atoms in total. The average Bonchev–Trinajstić information content (AvgIpc) is 2.73. The molecule has 0 aromatic heterocycles. The molecule has 1 aromatic carbocycles. The van der Waals surface area contributed by atoms with Crippen molar-refractivity contribution >= 4 is 17.6 Å². The lowest BCUT2D eigenvalue weighted by atomic mass is 9.62. The maximum Gasteiger partial charge on any atom is 0.307 e. The molecule has 84 valence electrons. The Kier molecular flexibility index (Phi) is 2.05. The lowest BCUT2D eigenvalue weighted by molar-refractivity contribution is -0.143. The summed E-state index contributed by atoms with van der Waals surface area (Å²) in [6, 6.07) is 7.69. The fourth-order valence-corrected chi connectivity index (χ4v) is 3.66. The molecule has 3 fully saturated rings. The fraction of sp³-hybridized carbons (Fsp3) is 0.462. The molecule has 1 unspecified atom stereocenters. The number of hydrogen-bond acceptors (Lipinski definition) is 1. The third-order valence-electron chi connectivity index (χ3n) is 4.26. The van der Waals surface area contributed by atoms with Crippen LogP contribution in [0.1, 0.15) is 24.8 Å². The largest absolute Gasteiger partial charge is 0.481 e. The SMILES string of the molecule is O=C(O)C1CC2CC1(c1ccc(Cl)cc1)C2. The molecule has 3 aliphatic carbocycles. The smallest absolute Gasteiger partial charge is 0.307 e. The molecular weight excluding hydrogens is 224 g/mol. The van der Waals surface area contributed by atoms with E-state index >= 15 is 0 Å². The Morgan fingerprint density at radius 2 is 1.94 bits per heavy atom. The number of rotatable bonds is 2. The van der Waals surface area contributed by atoms with Gasteiger partial charge in [-0.3, -0.25) is 4.79 Å². The Labute approximate surface area is 99.2 Å². The number of aliphatic carboxylic acids is 1. The van der Waals surface area contributed by atoms with Gasteiger partial charge in [-0.15, -0.1) is 0 Å². The number of benzene rings is 1. The third-order valence-corrected chi connectivity index (χ3v) is 4.51. The zero-order valence-corrected chi connectivity index (χ0v) is 9.57. The minimum absolute atomic E-state index is 0.0961. The first-order valence-corrected chi connectivity index (χ1v) is 5.98. The zero-order chi connectivity index (χ0) is 11.3. The van der Waals surface area contributed by atoms with Gasteiger partial charge in [-0.05, 0) is 42.9 Å². The summed E-state index contributed by atoms with van der Waals surface area (Å²) in [5.41, 5.74) is 1.05. The molecule has 0 amide bonds. The van der Waals surface area contributed by atoms with Gasteiger partial charge >= 0.3 is 5.97 Å². The summed E-state index contributed by atoms with van der Waals surface area (Å²) in [7, 11) is 0. The predicted octanol–water partition coefficient (Wildman–Crippen LogP) is 3.09.